The molecule has 0 fully saturated rings. The molecule has 7 nitrogen and oxygen atoms in total. The summed E-state index contributed by atoms with van der Waals surface area (Å²) in [5, 5.41) is 1.28. The van der Waals surface area contributed by atoms with Gasteiger partial charge in [0.25, 0.3) is 5.91 Å². The normalized spacial score (nSPS) is 11.4. The predicted molar refractivity (Wildman–Crippen MR) is 138 cm³/mol. The Bertz CT molecular complexity index is 1410. The van der Waals surface area contributed by atoms with Crippen LogP contribution < -0.4 is 31.9 Å². The monoisotopic (exact) mass is 429 g/mol. The number of benzene rings is 1. The van der Waals surface area contributed by atoms with E-state index in [0.717, 1.165) is 16.6 Å². The molecule has 1 amide bonds. The Labute approximate surface area is 205 Å². The van der Waals surface area contributed by atoms with Crippen molar-refractivity contribution in [3.8, 4) is 17.0 Å². The van der Waals surface area contributed by atoms with E-state index >= 15 is 0 Å². The molecule has 0 spiro atoms. The standard InChI is InChI=1S/C20H10B7N5O2/c1-32-7-28-6-11(32)9-2-8-3-12(30-5-10(8)29-4-9)31-19(33)13-14(21)16(23)18(17(24)15(13)22)34-20(25,26)27/h2-7H,1H3,(H,30,31,33). The number of fused-ring (bicyclic) bond motifs is 1. The van der Waals surface area contributed by atoms with Crippen LogP contribution in [0.25, 0.3) is 22.2 Å². The average Bonchev–Trinajstić information content (AvgIpc) is 3.20. The Balaban J connectivity index is 1.68. The first-order valence-electron chi connectivity index (χ1n) is 9.81. The maximum Gasteiger partial charge on any atom is 0.255 e. The van der Waals surface area contributed by atoms with Gasteiger partial charge in [-0.15, -0.1) is 0 Å². The van der Waals surface area contributed by atoms with Gasteiger partial charge in [0.2, 0.25) is 0 Å². The fourth-order valence-electron chi connectivity index (χ4n) is 3.39. The van der Waals surface area contributed by atoms with Crippen molar-refractivity contribution >= 4 is 99.4 Å². The Kier molecular flexibility index (Phi) is 6.19. The molecule has 0 unspecified atom stereocenters. The maximum absolute atomic E-state index is 13.0. The van der Waals surface area contributed by atoms with E-state index in [1.807, 2.05) is 17.7 Å². The summed E-state index contributed by atoms with van der Waals surface area (Å²) in [5.74, 6) is -0.693. The molecule has 0 aliphatic carbocycles. The van der Waals surface area contributed by atoms with Crippen LogP contribution in [0.5, 0.6) is 5.75 Å². The molecule has 0 saturated heterocycles. The fraction of sp³-hybridized carbons (Fsp3) is 0.100. The SMILES string of the molecule is [B]c1c([B])c(C(=O)Nc2cc3cc(-c4cncn4C)cnc3cn2)c([B])c([B])c1OC([B])([B])[B]. The number of carbonyl (C=O) groups excluding carboxylic acids is 1. The van der Waals surface area contributed by atoms with Crippen LogP contribution in [0.1, 0.15) is 10.4 Å². The van der Waals surface area contributed by atoms with E-state index in [4.69, 9.17) is 59.7 Å². The molecule has 0 atom stereocenters. The molecule has 14 radical (unpaired) electrons. The topological polar surface area (TPSA) is 81.9 Å². The number of ether oxygens (including phenoxy) is 1. The average molecular weight is 428 g/mol. The molecule has 14 heteroatoms. The van der Waals surface area contributed by atoms with Crippen LogP contribution in [0.2, 0.25) is 0 Å². The molecule has 1 aromatic carbocycles. The van der Waals surface area contributed by atoms with Crippen molar-refractivity contribution < 1.29 is 9.53 Å². The van der Waals surface area contributed by atoms with Gasteiger partial charge in [-0.1, -0.05) is 21.9 Å². The van der Waals surface area contributed by atoms with E-state index in [9.17, 15) is 4.79 Å². The third kappa shape index (κ3) is 4.54. The number of hydrogen-bond acceptors (Lipinski definition) is 5. The van der Waals surface area contributed by atoms with Crippen molar-refractivity contribution in [2.24, 2.45) is 7.05 Å². The summed E-state index contributed by atoms with van der Waals surface area (Å²) in [6, 6.07) is 3.56. The van der Waals surface area contributed by atoms with Crippen LogP contribution in [-0.2, 0) is 7.05 Å². The lowest BCUT2D eigenvalue weighted by molar-refractivity contribution is 0.102. The molecular weight excluding hydrogens is 418 g/mol. The Hall–Kier alpha value is -3.29. The zero-order valence-corrected chi connectivity index (χ0v) is 18.1. The third-order valence-electron chi connectivity index (χ3n) is 5.04. The van der Waals surface area contributed by atoms with Gasteiger partial charge in [0.05, 0.1) is 29.9 Å². The van der Waals surface area contributed by atoms with Crippen molar-refractivity contribution in [3.63, 3.8) is 0 Å². The second-order valence-electron chi connectivity index (χ2n) is 7.64. The first-order valence-corrected chi connectivity index (χ1v) is 9.81. The number of amides is 1. The molecule has 0 bridgehead atoms. The van der Waals surface area contributed by atoms with E-state index < -0.39 is 11.2 Å². The van der Waals surface area contributed by atoms with Crippen LogP contribution >= 0.6 is 0 Å². The van der Waals surface area contributed by atoms with E-state index in [1.165, 1.54) is 6.20 Å². The number of aryl methyl sites for hydroxylation is 1. The quantitative estimate of drug-likeness (QED) is 0.342. The predicted octanol–water partition coefficient (Wildman–Crippen LogP) is -3.05. The van der Waals surface area contributed by atoms with Crippen LogP contribution in [0.15, 0.2) is 37.1 Å². The summed E-state index contributed by atoms with van der Waals surface area (Å²) < 4.78 is 7.01. The van der Waals surface area contributed by atoms with Crippen molar-refractivity contribution in [2.45, 2.75) is 5.30 Å². The van der Waals surface area contributed by atoms with Crippen molar-refractivity contribution in [2.75, 3.05) is 5.32 Å². The summed E-state index contributed by atoms with van der Waals surface area (Å²) in [5.41, 5.74) is 1.42. The summed E-state index contributed by atoms with van der Waals surface area (Å²) in [6.07, 6.45) is 6.65. The maximum atomic E-state index is 13.0. The number of imidazole rings is 1. The largest absolute Gasteiger partial charge is 0.517 e. The zero-order chi connectivity index (χ0) is 24.8. The summed E-state index contributed by atoms with van der Waals surface area (Å²) in [7, 11) is 42.2. The number of hydrogen-bond donors (Lipinski definition) is 1. The van der Waals surface area contributed by atoms with Crippen LogP contribution in [0.3, 0.4) is 0 Å². The van der Waals surface area contributed by atoms with Crippen molar-refractivity contribution in [3.05, 3.63) is 42.6 Å². The van der Waals surface area contributed by atoms with E-state index in [1.54, 1.807) is 24.8 Å². The number of carbonyl (C=O) groups is 1. The van der Waals surface area contributed by atoms with Crippen molar-refractivity contribution in [1.82, 2.24) is 19.5 Å². The minimum atomic E-state index is -2.09. The highest BCUT2D eigenvalue weighted by Gasteiger charge is 2.22. The molecule has 148 valence electrons. The molecule has 3 aromatic heterocycles. The van der Waals surface area contributed by atoms with Crippen molar-refractivity contribution in [1.29, 1.82) is 0 Å². The van der Waals surface area contributed by atoms with Gasteiger partial charge in [-0.3, -0.25) is 9.78 Å². The van der Waals surface area contributed by atoms with Gasteiger partial charge in [0.1, 0.15) is 66.5 Å². The summed E-state index contributed by atoms with van der Waals surface area (Å²) >= 11 is 0. The van der Waals surface area contributed by atoms with Crippen LogP contribution in [0, 0.1) is 0 Å². The molecule has 0 aliphatic heterocycles. The van der Waals surface area contributed by atoms with E-state index in [-0.39, 0.29) is 39.0 Å². The molecule has 4 aromatic rings. The molecule has 0 aliphatic rings. The first kappa shape index (κ1) is 23.9. The van der Waals surface area contributed by atoms with Crippen LogP contribution in [-0.4, -0.2) is 85.6 Å². The number of rotatable bonds is 5. The molecule has 0 saturated carbocycles. The highest BCUT2D eigenvalue weighted by Crippen LogP contribution is 2.23. The molecule has 1 N–H and O–H groups in total. The van der Waals surface area contributed by atoms with Gasteiger partial charge in [-0.05, 0) is 17.4 Å². The fourth-order valence-corrected chi connectivity index (χ4v) is 3.39. The third-order valence-corrected chi connectivity index (χ3v) is 5.04. The molecular formula is C20H10B7N5O2. The zero-order valence-electron chi connectivity index (χ0n) is 18.1. The summed E-state index contributed by atoms with van der Waals surface area (Å²) in [4.78, 5) is 25.8. The lowest BCUT2D eigenvalue weighted by Gasteiger charge is -2.29. The molecule has 34 heavy (non-hydrogen) atoms. The van der Waals surface area contributed by atoms with Gasteiger partial charge >= 0.3 is 0 Å². The number of nitrogens with one attached hydrogen (secondary N) is 1. The smallest absolute Gasteiger partial charge is 0.255 e. The lowest BCUT2D eigenvalue weighted by Crippen LogP contribution is -2.51. The Morgan fingerprint density at radius 2 is 1.65 bits per heavy atom. The summed E-state index contributed by atoms with van der Waals surface area (Å²) in [6.45, 7) is 0. The van der Waals surface area contributed by atoms with E-state index in [2.05, 4.69) is 20.3 Å². The number of aromatic nitrogens is 4. The lowest BCUT2D eigenvalue weighted by atomic mass is 9.52. The molecule has 4 rings (SSSR count). The van der Waals surface area contributed by atoms with Gasteiger partial charge in [-0.2, -0.15) is 0 Å². The Morgan fingerprint density at radius 3 is 2.24 bits per heavy atom. The van der Waals surface area contributed by atoms with Gasteiger partial charge in [0.15, 0.2) is 0 Å². The second kappa shape index (κ2) is 8.82. The number of anilines is 1. The van der Waals surface area contributed by atoms with Gasteiger partial charge < -0.3 is 14.6 Å². The highest BCUT2D eigenvalue weighted by atomic mass is 16.5. The minimum Gasteiger partial charge on any atom is -0.517 e. The number of nitrogens with zero attached hydrogens (tertiary/aromatic N) is 4. The van der Waals surface area contributed by atoms with Gasteiger partial charge in [0, 0.05) is 29.8 Å². The highest BCUT2D eigenvalue weighted by molar-refractivity contribution is 6.62. The van der Waals surface area contributed by atoms with Crippen LogP contribution in [0.4, 0.5) is 5.82 Å². The second-order valence-corrected chi connectivity index (χ2v) is 7.64. The van der Waals surface area contributed by atoms with E-state index in [0.29, 0.717) is 5.52 Å². The molecule has 3 heterocycles. The number of pyridine rings is 2. The minimum absolute atomic E-state index is 0.164. The van der Waals surface area contributed by atoms with Gasteiger partial charge in [-0.25, -0.2) is 9.97 Å². The first-order chi connectivity index (χ1) is 16.0. The Morgan fingerprint density at radius 1 is 0.971 bits per heavy atom.